The summed E-state index contributed by atoms with van der Waals surface area (Å²) in [6, 6.07) is 1.94. The van der Waals surface area contributed by atoms with Gasteiger partial charge < -0.3 is 15.4 Å². The van der Waals surface area contributed by atoms with Crippen molar-refractivity contribution in [3.8, 4) is 0 Å². The molecule has 0 aliphatic rings. The molecule has 1 rings (SSSR count). The normalized spacial score (nSPS) is 11.4. The Kier molecular flexibility index (Phi) is 6.02. The van der Waals surface area contributed by atoms with Gasteiger partial charge in [0, 0.05) is 26.3 Å². The summed E-state index contributed by atoms with van der Waals surface area (Å²) in [6.07, 6.45) is 1.12. The molecule has 19 heavy (non-hydrogen) atoms. The van der Waals surface area contributed by atoms with Crippen LogP contribution in [-0.2, 0) is 11.3 Å². The molecular weight excluding hydrogens is 240 g/mol. The number of rotatable bonds is 8. The highest BCUT2D eigenvalue weighted by Gasteiger charge is 2.15. The van der Waals surface area contributed by atoms with Crippen LogP contribution in [-0.4, -0.2) is 30.2 Å². The molecule has 0 aliphatic heterocycles. The van der Waals surface area contributed by atoms with Crippen molar-refractivity contribution in [3.63, 3.8) is 0 Å². The van der Waals surface area contributed by atoms with Crippen LogP contribution >= 0.6 is 0 Å². The predicted octanol–water partition coefficient (Wildman–Crippen LogP) is 2.90. The van der Waals surface area contributed by atoms with Crippen molar-refractivity contribution in [1.82, 2.24) is 9.97 Å². The van der Waals surface area contributed by atoms with Crippen LogP contribution < -0.4 is 10.6 Å². The molecule has 0 amide bonds. The standard InChI is InChI=1S/C14H26N4O/c1-6-14(3,4)10-16-12-8-11(15-7-2)17-13(18-12)9-19-5/h8H,6-7,9-10H2,1-5H3,(H2,15,16,17,18). The molecule has 108 valence electrons. The smallest absolute Gasteiger partial charge is 0.158 e. The predicted molar refractivity (Wildman–Crippen MR) is 79.5 cm³/mol. The zero-order valence-electron chi connectivity index (χ0n) is 12.7. The molecule has 0 atom stereocenters. The monoisotopic (exact) mass is 266 g/mol. The van der Waals surface area contributed by atoms with Gasteiger partial charge in [-0.25, -0.2) is 9.97 Å². The number of nitrogens with one attached hydrogen (secondary N) is 2. The first-order chi connectivity index (χ1) is 9.00. The van der Waals surface area contributed by atoms with E-state index < -0.39 is 0 Å². The Morgan fingerprint density at radius 3 is 2.32 bits per heavy atom. The summed E-state index contributed by atoms with van der Waals surface area (Å²) >= 11 is 0. The minimum Gasteiger partial charge on any atom is -0.377 e. The van der Waals surface area contributed by atoms with Gasteiger partial charge in [0.25, 0.3) is 0 Å². The van der Waals surface area contributed by atoms with E-state index in [0.29, 0.717) is 12.4 Å². The van der Waals surface area contributed by atoms with Crippen LogP contribution in [0.2, 0.25) is 0 Å². The Labute approximate surface area is 116 Å². The molecule has 5 nitrogen and oxygen atoms in total. The second-order valence-electron chi connectivity index (χ2n) is 5.39. The maximum Gasteiger partial charge on any atom is 0.158 e. The second kappa shape index (κ2) is 7.28. The lowest BCUT2D eigenvalue weighted by Crippen LogP contribution is -2.23. The zero-order chi connectivity index (χ0) is 14.3. The van der Waals surface area contributed by atoms with Crippen LogP contribution in [0.15, 0.2) is 6.07 Å². The molecule has 2 N–H and O–H groups in total. The summed E-state index contributed by atoms with van der Waals surface area (Å²) in [7, 11) is 1.65. The first-order valence-corrected chi connectivity index (χ1v) is 6.85. The highest BCUT2D eigenvalue weighted by molar-refractivity contribution is 5.47. The number of anilines is 2. The largest absolute Gasteiger partial charge is 0.377 e. The van der Waals surface area contributed by atoms with Crippen LogP contribution in [0, 0.1) is 5.41 Å². The number of aromatic nitrogens is 2. The summed E-state index contributed by atoms with van der Waals surface area (Å²) in [5.41, 5.74) is 0.255. The number of methoxy groups -OCH3 is 1. The molecule has 1 heterocycles. The van der Waals surface area contributed by atoms with Crippen molar-refractivity contribution in [2.45, 2.75) is 40.7 Å². The average Bonchev–Trinajstić information content (AvgIpc) is 2.37. The second-order valence-corrected chi connectivity index (χ2v) is 5.39. The Bertz CT molecular complexity index is 369. The van der Waals surface area contributed by atoms with Crippen molar-refractivity contribution in [2.24, 2.45) is 5.41 Å². The van der Waals surface area contributed by atoms with Gasteiger partial charge in [-0.1, -0.05) is 20.8 Å². The number of hydrogen-bond donors (Lipinski definition) is 2. The maximum absolute atomic E-state index is 5.10. The highest BCUT2D eigenvalue weighted by Crippen LogP contribution is 2.21. The SMILES string of the molecule is CCNc1cc(NCC(C)(C)CC)nc(COC)n1. The van der Waals surface area contributed by atoms with Gasteiger partial charge in [0.2, 0.25) is 0 Å². The minimum absolute atomic E-state index is 0.255. The summed E-state index contributed by atoms with van der Waals surface area (Å²) in [6.45, 7) is 10.9. The van der Waals surface area contributed by atoms with E-state index in [4.69, 9.17) is 4.74 Å². The third-order valence-corrected chi connectivity index (χ3v) is 3.11. The van der Waals surface area contributed by atoms with E-state index in [1.807, 2.05) is 13.0 Å². The summed E-state index contributed by atoms with van der Waals surface area (Å²) < 4.78 is 5.10. The van der Waals surface area contributed by atoms with Gasteiger partial charge in [0.05, 0.1) is 0 Å². The van der Waals surface area contributed by atoms with Gasteiger partial charge in [-0.2, -0.15) is 0 Å². The maximum atomic E-state index is 5.10. The quantitative estimate of drug-likeness (QED) is 0.757. The van der Waals surface area contributed by atoms with E-state index >= 15 is 0 Å². The molecule has 0 unspecified atom stereocenters. The molecule has 0 bridgehead atoms. The number of hydrogen-bond acceptors (Lipinski definition) is 5. The van der Waals surface area contributed by atoms with E-state index in [1.54, 1.807) is 7.11 Å². The Morgan fingerprint density at radius 1 is 1.16 bits per heavy atom. The van der Waals surface area contributed by atoms with Crippen LogP contribution in [0.4, 0.5) is 11.6 Å². The third kappa shape index (κ3) is 5.42. The molecule has 0 saturated heterocycles. The molecule has 1 aromatic rings. The first kappa shape index (κ1) is 15.7. The molecule has 0 fully saturated rings. The van der Waals surface area contributed by atoms with Crippen molar-refractivity contribution in [1.29, 1.82) is 0 Å². The van der Waals surface area contributed by atoms with Gasteiger partial charge in [-0.3, -0.25) is 0 Å². The fourth-order valence-corrected chi connectivity index (χ4v) is 1.51. The fourth-order valence-electron chi connectivity index (χ4n) is 1.51. The molecular formula is C14H26N4O. The van der Waals surface area contributed by atoms with Crippen molar-refractivity contribution < 1.29 is 4.74 Å². The summed E-state index contributed by atoms with van der Waals surface area (Å²) in [5.74, 6) is 2.37. The zero-order valence-corrected chi connectivity index (χ0v) is 12.7. The van der Waals surface area contributed by atoms with E-state index in [1.165, 1.54) is 0 Å². The topological polar surface area (TPSA) is 59.1 Å². The van der Waals surface area contributed by atoms with Gasteiger partial charge >= 0.3 is 0 Å². The average molecular weight is 266 g/mol. The Hall–Kier alpha value is -1.36. The minimum atomic E-state index is 0.255. The molecule has 0 radical (unpaired) electrons. The first-order valence-electron chi connectivity index (χ1n) is 6.85. The van der Waals surface area contributed by atoms with Crippen LogP contribution in [0.5, 0.6) is 0 Å². The highest BCUT2D eigenvalue weighted by atomic mass is 16.5. The van der Waals surface area contributed by atoms with Crippen molar-refractivity contribution >= 4 is 11.6 Å². The van der Waals surface area contributed by atoms with Crippen LogP contribution in [0.1, 0.15) is 39.9 Å². The Morgan fingerprint density at radius 2 is 1.79 bits per heavy atom. The molecule has 0 saturated carbocycles. The van der Waals surface area contributed by atoms with Crippen LogP contribution in [0.25, 0.3) is 0 Å². The van der Waals surface area contributed by atoms with Crippen molar-refractivity contribution in [2.75, 3.05) is 30.8 Å². The molecule has 0 aliphatic carbocycles. The van der Waals surface area contributed by atoms with E-state index in [0.717, 1.165) is 31.1 Å². The molecule has 0 spiro atoms. The van der Waals surface area contributed by atoms with Gasteiger partial charge in [-0.15, -0.1) is 0 Å². The fraction of sp³-hybridized carbons (Fsp3) is 0.714. The Balaban J connectivity index is 2.80. The van der Waals surface area contributed by atoms with Crippen molar-refractivity contribution in [3.05, 3.63) is 11.9 Å². The summed E-state index contributed by atoms with van der Waals surface area (Å²) in [4.78, 5) is 8.85. The van der Waals surface area contributed by atoms with Gasteiger partial charge in [0.15, 0.2) is 5.82 Å². The third-order valence-electron chi connectivity index (χ3n) is 3.11. The molecule has 1 aromatic heterocycles. The van der Waals surface area contributed by atoms with E-state index in [9.17, 15) is 0 Å². The van der Waals surface area contributed by atoms with Crippen LogP contribution in [0.3, 0.4) is 0 Å². The van der Waals surface area contributed by atoms with Gasteiger partial charge in [-0.05, 0) is 18.8 Å². The molecule has 0 aromatic carbocycles. The lowest BCUT2D eigenvalue weighted by atomic mass is 9.90. The van der Waals surface area contributed by atoms with Gasteiger partial charge in [0.1, 0.15) is 18.2 Å². The lowest BCUT2D eigenvalue weighted by Gasteiger charge is -2.23. The van der Waals surface area contributed by atoms with E-state index in [2.05, 4.69) is 41.4 Å². The summed E-state index contributed by atoms with van der Waals surface area (Å²) in [5, 5.41) is 6.60. The number of ether oxygens (including phenoxy) is 1. The van der Waals surface area contributed by atoms with E-state index in [-0.39, 0.29) is 5.41 Å². The molecule has 5 heteroatoms. The number of nitrogens with zero attached hydrogens (tertiary/aromatic N) is 2. The lowest BCUT2D eigenvalue weighted by molar-refractivity contribution is 0.178.